The highest BCUT2D eigenvalue weighted by atomic mass is 16.5. The third-order valence-corrected chi connectivity index (χ3v) is 2.28. The Morgan fingerprint density at radius 1 is 1.11 bits per heavy atom. The average Bonchev–Trinajstić information content (AvgIpc) is 2.37. The number of ether oxygens (including phenoxy) is 2. The fourth-order valence-electron chi connectivity index (χ4n) is 1.22. The van der Waals surface area contributed by atoms with Crippen LogP contribution >= 0.6 is 0 Å². The Morgan fingerprint density at radius 2 is 1.67 bits per heavy atom. The minimum absolute atomic E-state index is 0.0807. The molecule has 5 nitrogen and oxygen atoms in total. The van der Waals surface area contributed by atoms with Crippen molar-refractivity contribution in [1.29, 1.82) is 0 Å². The summed E-state index contributed by atoms with van der Waals surface area (Å²) in [4.78, 5) is 2.05. The summed E-state index contributed by atoms with van der Waals surface area (Å²) in [5.74, 6) is 1.43. The lowest BCUT2D eigenvalue weighted by atomic mass is 10.3. The van der Waals surface area contributed by atoms with Gasteiger partial charge in [0.2, 0.25) is 0 Å². The van der Waals surface area contributed by atoms with Gasteiger partial charge in [0.25, 0.3) is 0 Å². The van der Waals surface area contributed by atoms with E-state index >= 15 is 0 Å². The van der Waals surface area contributed by atoms with Crippen molar-refractivity contribution in [1.82, 2.24) is 4.90 Å². The van der Waals surface area contributed by atoms with Crippen LogP contribution in [0, 0.1) is 0 Å². The first-order chi connectivity index (χ1) is 8.61. The van der Waals surface area contributed by atoms with E-state index in [1.165, 1.54) is 0 Å². The van der Waals surface area contributed by atoms with E-state index in [4.69, 9.17) is 19.7 Å². The molecule has 1 rings (SSSR count). The van der Waals surface area contributed by atoms with Crippen LogP contribution in [0.4, 0.5) is 0 Å². The van der Waals surface area contributed by atoms with E-state index in [0.29, 0.717) is 12.4 Å². The number of benzene rings is 1. The van der Waals surface area contributed by atoms with E-state index in [0.717, 1.165) is 12.3 Å². The molecule has 0 aliphatic rings. The van der Waals surface area contributed by atoms with Crippen molar-refractivity contribution in [2.75, 3.05) is 40.5 Å². The molecule has 0 aliphatic carbocycles. The zero-order valence-corrected chi connectivity index (χ0v) is 10.9. The Hall–Kier alpha value is -1.30. The summed E-state index contributed by atoms with van der Waals surface area (Å²) in [6.45, 7) is 1.28. The monoisotopic (exact) mass is 255 g/mol. The second-order valence-corrected chi connectivity index (χ2v) is 4.27. The van der Waals surface area contributed by atoms with Gasteiger partial charge >= 0.3 is 0 Å². The first kappa shape index (κ1) is 14.8. The lowest BCUT2D eigenvalue weighted by molar-refractivity contribution is 0.0536. The highest BCUT2D eigenvalue weighted by Gasteiger charge is 2.03. The second-order valence-electron chi connectivity index (χ2n) is 4.27. The minimum atomic E-state index is -0.846. The highest BCUT2D eigenvalue weighted by molar-refractivity contribution is 5.31. The number of rotatable bonds is 8. The maximum atomic E-state index is 9.14. The van der Waals surface area contributed by atoms with Gasteiger partial charge in [-0.25, -0.2) is 0 Å². The number of hydrogen-bond acceptors (Lipinski definition) is 5. The van der Waals surface area contributed by atoms with Crippen LogP contribution < -0.4 is 9.47 Å². The van der Waals surface area contributed by atoms with Gasteiger partial charge in [-0.2, -0.15) is 0 Å². The molecule has 5 heteroatoms. The highest BCUT2D eigenvalue weighted by Crippen LogP contribution is 2.17. The molecule has 18 heavy (non-hydrogen) atoms. The quantitative estimate of drug-likeness (QED) is 0.702. The molecule has 0 heterocycles. The molecule has 1 atom stereocenters. The van der Waals surface area contributed by atoms with Crippen molar-refractivity contribution in [3.8, 4) is 11.5 Å². The van der Waals surface area contributed by atoms with E-state index in [1.807, 2.05) is 31.1 Å². The van der Waals surface area contributed by atoms with Crippen LogP contribution in [0.25, 0.3) is 0 Å². The van der Waals surface area contributed by atoms with E-state index in [9.17, 15) is 0 Å². The van der Waals surface area contributed by atoms with Crippen molar-refractivity contribution in [3.63, 3.8) is 0 Å². The number of likely N-dealkylation sites (N-methyl/N-ethyl adjacent to an activating group) is 1. The smallest absolute Gasteiger partial charge is 0.119 e. The van der Waals surface area contributed by atoms with Gasteiger partial charge in [0.1, 0.15) is 30.8 Å². The Balaban J connectivity index is 2.33. The fourth-order valence-corrected chi connectivity index (χ4v) is 1.22. The Bertz CT molecular complexity index is 326. The summed E-state index contributed by atoms with van der Waals surface area (Å²) in [6.07, 6.45) is -0.846. The van der Waals surface area contributed by atoms with Gasteiger partial charge in [-0.3, -0.25) is 0 Å². The van der Waals surface area contributed by atoms with Gasteiger partial charge in [-0.1, -0.05) is 0 Å². The Kier molecular flexibility index (Phi) is 6.49. The molecule has 1 unspecified atom stereocenters. The lowest BCUT2D eigenvalue weighted by Gasteiger charge is -2.12. The number of nitrogens with zero attached hydrogens (tertiary/aromatic N) is 1. The maximum Gasteiger partial charge on any atom is 0.119 e. The second kappa shape index (κ2) is 7.92. The summed E-state index contributed by atoms with van der Waals surface area (Å²) >= 11 is 0. The molecule has 0 aliphatic heterocycles. The molecule has 0 aromatic heterocycles. The average molecular weight is 255 g/mol. The summed E-state index contributed by atoms with van der Waals surface area (Å²) < 4.78 is 10.8. The van der Waals surface area contributed by atoms with Gasteiger partial charge < -0.3 is 24.6 Å². The minimum Gasteiger partial charge on any atom is -0.492 e. The van der Waals surface area contributed by atoms with E-state index in [1.54, 1.807) is 12.1 Å². The van der Waals surface area contributed by atoms with Crippen LogP contribution in [-0.2, 0) is 0 Å². The molecule has 0 bridgehead atoms. The van der Waals surface area contributed by atoms with E-state index in [2.05, 4.69) is 0 Å². The van der Waals surface area contributed by atoms with Crippen LogP contribution in [0.1, 0.15) is 0 Å². The van der Waals surface area contributed by atoms with Gasteiger partial charge in [0.15, 0.2) is 0 Å². The van der Waals surface area contributed by atoms with Gasteiger partial charge in [0, 0.05) is 6.54 Å². The molecular formula is C13H21NO4. The largest absolute Gasteiger partial charge is 0.492 e. The predicted octanol–water partition coefficient (Wildman–Crippen LogP) is 0.359. The molecule has 2 N–H and O–H groups in total. The number of hydrogen-bond donors (Lipinski definition) is 2. The topological polar surface area (TPSA) is 62.2 Å². The molecule has 0 radical (unpaired) electrons. The van der Waals surface area contributed by atoms with Crippen LogP contribution in [0.2, 0.25) is 0 Å². The third-order valence-electron chi connectivity index (χ3n) is 2.28. The Labute approximate surface area is 108 Å². The number of aliphatic hydroxyl groups is 2. The molecule has 1 aromatic carbocycles. The number of aliphatic hydroxyl groups excluding tert-OH is 2. The zero-order chi connectivity index (χ0) is 13.4. The SMILES string of the molecule is CN(C)CCOc1ccc(OCC(O)CO)cc1. The summed E-state index contributed by atoms with van der Waals surface area (Å²) in [5.41, 5.74) is 0. The summed E-state index contributed by atoms with van der Waals surface area (Å²) in [7, 11) is 3.99. The fraction of sp³-hybridized carbons (Fsp3) is 0.538. The summed E-state index contributed by atoms with van der Waals surface area (Å²) in [5, 5.41) is 17.8. The first-order valence-corrected chi connectivity index (χ1v) is 5.91. The molecule has 0 spiro atoms. The normalized spacial score (nSPS) is 12.5. The maximum absolute atomic E-state index is 9.14. The van der Waals surface area contributed by atoms with Crippen molar-refractivity contribution in [3.05, 3.63) is 24.3 Å². The molecular weight excluding hydrogens is 234 g/mol. The molecule has 1 aromatic rings. The van der Waals surface area contributed by atoms with Crippen molar-refractivity contribution in [2.24, 2.45) is 0 Å². The standard InChI is InChI=1S/C13H21NO4/c1-14(2)7-8-17-12-3-5-13(6-4-12)18-10-11(16)9-15/h3-6,11,15-16H,7-10H2,1-2H3. The van der Waals surface area contributed by atoms with E-state index in [-0.39, 0.29) is 13.2 Å². The molecule has 0 saturated carbocycles. The van der Waals surface area contributed by atoms with Gasteiger partial charge in [0.05, 0.1) is 6.61 Å². The van der Waals surface area contributed by atoms with Crippen LogP contribution in [0.3, 0.4) is 0 Å². The molecule has 0 saturated heterocycles. The van der Waals surface area contributed by atoms with Gasteiger partial charge in [-0.05, 0) is 38.4 Å². The predicted molar refractivity (Wildman–Crippen MR) is 69.1 cm³/mol. The van der Waals surface area contributed by atoms with E-state index < -0.39 is 6.10 Å². The van der Waals surface area contributed by atoms with Crippen molar-refractivity contribution < 1.29 is 19.7 Å². The van der Waals surface area contributed by atoms with Crippen LogP contribution in [-0.4, -0.2) is 61.7 Å². The molecule has 0 fully saturated rings. The van der Waals surface area contributed by atoms with Crippen LogP contribution in [0.5, 0.6) is 11.5 Å². The third kappa shape index (κ3) is 5.86. The first-order valence-electron chi connectivity index (χ1n) is 5.91. The van der Waals surface area contributed by atoms with Crippen molar-refractivity contribution in [2.45, 2.75) is 6.10 Å². The van der Waals surface area contributed by atoms with Crippen LogP contribution in [0.15, 0.2) is 24.3 Å². The Morgan fingerprint density at radius 3 is 2.17 bits per heavy atom. The van der Waals surface area contributed by atoms with Gasteiger partial charge in [-0.15, -0.1) is 0 Å². The zero-order valence-electron chi connectivity index (χ0n) is 10.9. The lowest BCUT2D eigenvalue weighted by Crippen LogP contribution is -2.21. The molecule has 0 amide bonds. The molecule has 102 valence electrons. The summed E-state index contributed by atoms with van der Waals surface area (Å²) in [6, 6.07) is 7.18. The van der Waals surface area contributed by atoms with Crippen molar-refractivity contribution >= 4 is 0 Å².